The summed E-state index contributed by atoms with van der Waals surface area (Å²) in [4.78, 5) is 4.15. The number of pyridine rings is 1. The summed E-state index contributed by atoms with van der Waals surface area (Å²) in [5.41, 5.74) is 6.34. The Morgan fingerprint density at radius 1 is 1.31 bits per heavy atom. The molecule has 3 nitrogen and oxygen atoms in total. The summed E-state index contributed by atoms with van der Waals surface area (Å²) in [6.45, 7) is 2.12. The zero-order valence-corrected chi connectivity index (χ0v) is 7.78. The number of nitrogens with zero attached hydrogens (tertiary/aromatic N) is 1. The van der Waals surface area contributed by atoms with E-state index < -0.39 is 0 Å². The summed E-state index contributed by atoms with van der Waals surface area (Å²) in [5, 5.41) is 0. The lowest BCUT2D eigenvalue weighted by Crippen LogP contribution is -2.02. The molecule has 0 bridgehead atoms. The Morgan fingerprint density at radius 3 is 2.92 bits per heavy atom. The van der Waals surface area contributed by atoms with E-state index in [0.29, 0.717) is 6.61 Å². The van der Waals surface area contributed by atoms with Gasteiger partial charge in [-0.2, -0.15) is 0 Å². The number of hydrogen-bond acceptors (Lipinski definition) is 3. The van der Waals surface area contributed by atoms with E-state index in [4.69, 9.17) is 10.5 Å². The summed E-state index contributed by atoms with van der Waals surface area (Å²) in [6, 6.07) is 5.83. The summed E-state index contributed by atoms with van der Waals surface area (Å²) in [6.07, 6.45) is 3.84. The van der Waals surface area contributed by atoms with Crippen LogP contribution in [-0.4, -0.2) is 18.1 Å². The maximum atomic E-state index is 5.40. The van der Waals surface area contributed by atoms with Crippen molar-refractivity contribution in [2.45, 2.75) is 19.4 Å². The Bertz CT molecular complexity index is 213. The molecule has 0 atom stereocenters. The van der Waals surface area contributed by atoms with Crippen LogP contribution in [0.4, 0.5) is 0 Å². The first-order chi connectivity index (χ1) is 6.43. The van der Waals surface area contributed by atoms with Gasteiger partial charge in [0.25, 0.3) is 0 Å². The van der Waals surface area contributed by atoms with Crippen LogP contribution in [0, 0.1) is 0 Å². The molecule has 0 radical (unpaired) electrons. The van der Waals surface area contributed by atoms with E-state index in [0.717, 1.165) is 31.7 Å². The molecule has 0 fully saturated rings. The van der Waals surface area contributed by atoms with Crippen molar-refractivity contribution in [1.82, 2.24) is 4.98 Å². The van der Waals surface area contributed by atoms with E-state index in [-0.39, 0.29) is 0 Å². The van der Waals surface area contributed by atoms with Gasteiger partial charge in [0.05, 0.1) is 12.3 Å². The maximum absolute atomic E-state index is 5.40. The van der Waals surface area contributed by atoms with Crippen molar-refractivity contribution in [3.05, 3.63) is 30.1 Å². The molecule has 0 aliphatic rings. The predicted molar refractivity (Wildman–Crippen MR) is 52.2 cm³/mol. The smallest absolute Gasteiger partial charge is 0.0887 e. The van der Waals surface area contributed by atoms with E-state index in [2.05, 4.69) is 4.98 Å². The molecule has 3 heteroatoms. The second-order valence-electron chi connectivity index (χ2n) is 2.87. The van der Waals surface area contributed by atoms with Gasteiger partial charge in [-0.3, -0.25) is 4.98 Å². The van der Waals surface area contributed by atoms with Crippen LogP contribution < -0.4 is 5.73 Å². The fourth-order valence-electron chi connectivity index (χ4n) is 1.01. The van der Waals surface area contributed by atoms with Crippen LogP contribution in [0.25, 0.3) is 0 Å². The number of ether oxygens (including phenoxy) is 1. The molecule has 0 aliphatic heterocycles. The first-order valence-corrected chi connectivity index (χ1v) is 4.61. The Labute approximate surface area is 78.9 Å². The number of rotatable bonds is 6. The molecule has 13 heavy (non-hydrogen) atoms. The normalized spacial score (nSPS) is 10.2. The van der Waals surface area contributed by atoms with E-state index in [1.807, 2.05) is 18.2 Å². The SMILES string of the molecule is NCCCCOCc1ccccn1. The number of nitrogens with two attached hydrogens (primary N) is 1. The van der Waals surface area contributed by atoms with Crippen LogP contribution >= 0.6 is 0 Å². The Hall–Kier alpha value is -0.930. The van der Waals surface area contributed by atoms with Crippen molar-refractivity contribution in [2.75, 3.05) is 13.2 Å². The zero-order valence-electron chi connectivity index (χ0n) is 7.78. The van der Waals surface area contributed by atoms with Crippen LogP contribution in [0.15, 0.2) is 24.4 Å². The van der Waals surface area contributed by atoms with Crippen LogP contribution in [0.2, 0.25) is 0 Å². The van der Waals surface area contributed by atoms with Gasteiger partial charge in [0.2, 0.25) is 0 Å². The van der Waals surface area contributed by atoms with Crippen molar-refractivity contribution in [3.8, 4) is 0 Å². The average molecular weight is 180 g/mol. The molecular formula is C10H16N2O. The topological polar surface area (TPSA) is 48.1 Å². The van der Waals surface area contributed by atoms with Gasteiger partial charge < -0.3 is 10.5 Å². The van der Waals surface area contributed by atoms with Crippen LogP contribution in [-0.2, 0) is 11.3 Å². The molecule has 1 heterocycles. The highest BCUT2D eigenvalue weighted by Crippen LogP contribution is 1.97. The second kappa shape index (κ2) is 6.57. The standard InChI is InChI=1S/C10H16N2O/c11-6-2-4-8-13-9-10-5-1-3-7-12-10/h1,3,5,7H,2,4,6,8-9,11H2. The van der Waals surface area contributed by atoms with E-state index in [1.54, 1.807) is 6.20 Å². The van der Waals surface area contributed by atoms with Crippen molar-refractivity contribution in [1.29, 1.82) is 0 Å². The average Bonchev–Trinajstić information content (AvgIpc) is 2.19. The molecule has 0 unspecified atom stereocenters. The summed E-state index contributed by atoms with van der Waals surface area (Å²) >= 11 is 0. The molecule has 0 saturated heterocycles. The summed E-state index contributed by atoms with van der Waals surface area (Å²) in [5.74, 6) is 0. The molecule has 0 saturated carbocycles. The number of hydrogen-bond donors (Lipinski definition) is 1. The molecule has 72 valence electrons. The van der Waals surface area contributed by atoms with Gasteiger partial charge >= 0.3 is 0 Å². The molecule has 1 aromatic rings. The van der Waals surface area contributed by atoms with Gasteiger partial charge in [0.1, 0.15) is 0 Å². The quantitative estimate of drug-likeness (QED) is 0.672. The molecule has 2 N–H and O–H groups in total. The molecule has 0 spiro atoms. The molecule has 1 rings (SSSR count). The third-order valence-electron chi connectivity index (χ3n) is 1.72. The van der Waals surface area contributed by atoms with Crippen molar-refractivity contribution >= 4 is 0 Å². The molecule has 1 aromatic heterocycles. The summed E-state index contributed by atoms with van der Waals surface area (Å²) < 4.78 is 5.40. The van der Waals surface area contributed by atoms with Crippen LogP contribution in [0.5, 0.6) is 0 Å². The minimum atomic E-state index is 0.603. The van der Waals surface area contributed by atoms with Crippen LogP contribution in [0.3, 0.4) is 0 Å². The first-order valence-electron chi connectivity index (χ1n) is 4.61. The fraction of sp³-hybridized carbons (Fsp3) is 0.500. The van der Waals surface area contributed by atoms with Gasteiger partial charge in [0.15, 0.2) is 0 Å². The molecular weight excluding hydrogens is 164 g/mol. The Morgan fingerprint density at radius 2 is 2.23 bits per heavy atom. The van der Waals surface area contributed by atoms with Gasteiger partial charge in [-0.15, -0.1) is 0 Å². The summed E-state index contributed by atoms with van der Waals surface area (Å²) in [7, 11) is 0. The highest BCUT2D eigenvalue weighted by molar-refractivity contribution is 5.01. The third kappa shape index (κ3) is 4.60. The van der Waals surface area contributed by atoms with Crippen LogP contribution in [0.1, 0.15) is 18.5 Å². The zero-order chi connectivity index (χ0) is 9.36. The minimum absolute atomic E-state index is 0.603. The largest absolute Gasteiger partial charge is 0.375 e. The van der Waals surface area contributed by atoms with E-state index in [9.17, 15) is 0 Å². The number of unbranched alkanes of at least 4 members (excludes halogenated alkanes) is 1. The van der Waals surface area contributed by atoms with Crippen molar-refractivity contribution in [2.24, 2.45) is 5.73 Å². The first kappa shape index (κ1) is 10.2. The third-order valence-corrected chi connectivity index (χ3v) is 1.72. The van der Waals surface area contributed by atoms with E-state index >= 15 is 0 Å². The molecule has 0 aromatic carbocycles. The van der Waals surface area contributed by atoms with Gasteiger partial charge in [-0.25, -0.2) is 0 Å². The van der Waals surface area contributed by atoms with Gasteiger partial charge in [0, 0.05) is 12.8 Å². The number of aromatic nitrogens is 1. The Balaban J connectivity index is 2.07. The highest BCUT2D eigenvalue weighted by Gasteiger charge is 1.92. The highest BCUT2D eigenvalue weighted by atomic mass is 16.5. The van der Waals surface area contributed by atoms with Gasteiger partial charge in [-0.1, -0.05) is 6.07 Å². The lowest BCUT2D eigenvalue weighted by molar-refractivity contribution is 0.115. The molecule has 0 aliphatic carbocycles. The minimum Gasteiger partial charge on any atom is -0.375 e. The Kier molecular flexibility index (Phi) is 5.13. The lowest BCUT2D eigenvalue weighted by Gasteiger charge is -2.02. The maximum Gasteiger partial charge on any atom is 0.0887 e. The van der Waals surface area contributed by atoms with Gasteiger partial charge in [-0.05, 0) is 31.5 Å². The second-order valence-corrected chi connectivity index (χ2v) is 2.87. The predicted octanol–water partition coefficient (Wildman–Crippen LogP) is 1.34. The van der Waals surface area contributed by atoms with E-state index in [1.165, 1.54) is 0 Å². The van der Waals surface area contributed by atoms with Crippen molar-refractivity contribution in [3.63, 3.8) is 0 Å². The lowest BCUT2D eigenvalue weighted by atomic mass is 10.3. The molecule has 0 amide bonds. The fourth-order valence-corrected chi connectivity index (χ4v) is 1.01. The monoisotopic (exact) mass is 180 g/mol. The van der Waals surface area contributed by atoms with Crippen molar-refractivity contribution < 1.29 is 4.74 Å².